The van der Waals surface area contributed by atoms with Crippen LogP contribution in [0.2, 0.25) is 0 Å². The van der Waals surface area contributed by atoms with E-state index in [9.17, 15) is 9.59 Å². The molecule has 110 valence electrons. The summed E-state index contributed by atoms with van der Waals surface area (Å²) in [6.07, 6.45) is 0.926. The zero-order chi connectivity index (χ0) is 14.7. The van der Waals surface area contributed by atoms with Crippen LogP contribution in [0.1, 0.15) is 35.2 Å². The summed E-state index contributed by atoms with van der Waals surface area (Å²) in [6, 6.07) is 1.90. The summed E-state index contributed by atoms with van der Waals surface area (Å²) in [4.78, 5) is 24.7. The largest absolute Gasteiger partial charge is 0.464 e. The molecule has 1 atom stereocenters. The first kappa shape index (κ1) is 14.5. The summed E-state index contributed by atoms with van der Waals surface area (Å²) >= 11 is 0. The normalized spacial score (nSPS) is 19.1. The van der Waals surface area contributed by atoms with Crippen molar-refractivity contribution < 1.29 is 14.0 Å². The first-order valence-corrected chi connectivity index (χ1v) is 6.59. The number of nitrogens with zero attached hydrogens (tertiary/aromatic N) is 1. The molecular formula is C13H20N4O3. The van der Waals surface area contributed by atoms with Crippen LogP contribution < -0.4 is 16.6 Å². The van der Waals surface area contributed by atoms with Crippen molar-refractivity contribution in [1.82, 2.24) is 15.6 Å². The SMILES string of the molecule is CC(=O)NC1CCN(Cc2cc(C(=O)NN)c(C)o2)C1. The lowest BCUT2D eigenvalue weighted by molar-refractivity contribution is -0.119. The van der Waals surface area contributed by atoms with Crippen LogP contribution >= 0.6 is 0 Å². The van der Waals surface area contributed by atoms with Gasteiger partial charge in [-0.2, -0.15) is 0 Å². The fraction of sp³-hybridized carbons (Fsp3) is 0.538. The predicted octanol–water partition coefficient (Wildman–Crippen LogP) is -0.0981. The fourth-order valence-electron chi connectivity index (χ4n) is 2.53. The average molecular weight is 280 g/mol. The Morgan fingerprint density at radius 3 is 2.95 bits per heavy atom. The topological polar surface area (TPSA) is 101 Å². The molecule has 1 fully saturated rings. The maximum absolute atomic E-state index is 11.5. The molecule has 0 aromatic carbocycles. The van der Waals surface area contributed by atoms with Crippen molar-refractivity contribution in [1.29, 1.82) is 0 Å². The van der Waals surface area contributed by atoms with Crippen LogP contribution in [0.15, 0.2) is 10.5 Å². The van der Waals surface area contributed by atoms with E-state index in [2.05, 4.69) is 15.6 Å². The van der Waals surface area contributed by atoms with Crippen molar-refractivity contribution in [2.24, 2.45) is 5.84 Å². The molecule has 2 heterocycles. The van der Waals surface area contributed by atoms with Gasteiger partial charge in [-0.3, -0.25) is 19.9 Å². The van der Waals surface area contributed by atoms with Crippen molar-refractivity contribution in [3.05, 3.63) is 23.2 Å². The van der Waals surface area contributed by atoms with Gasteiger partial charge in [0.15, 0.2) is 0 Å². The smallest absolute Gasteiger partial charge is 0.268 e. The summed E-state index contributed by atoms with van der Waals surface area (Å²) in [5.41, 5.74) is 2.56. The highest BCUT2D eigenvalue weighted by Gasteiger charge is 2.24. The Balaban J connectivity index is 1.95. The van der Waals surface area contributed by atoms with Gasteiger partial charge in [-0.1, -0.05) is 0 Å². The van der Waals surface area contributed by atoms with E-state index in [1.54, 1.807) is 13.0 Å². The second-order valence-electron chi connectivity index (χ2n) is 5.08. The third kappa shape index (κ3) is 3.37. The molecule has 1 aliphatic rings. The minimum absolute atomic E-state index is 0.00686. The van der Waals surface area contributed by atoms with E-state index in [1.807, 2.05) is 0 Å². The Morgan fingerprint density at radius 1 is 1.55 bits per heavy atom. The van der Waals surface area contributed by atoms with Crippen LogP contribution in [0, 0.1) is 6.92 Å². The number of carbonyl (C=O) groups excluding carboxylic acids is 2. The van der Waals surface area contributed by atoms with Crippen molar-refractivity contribution >= 4 is 11.8 Å². The van der Waals surface area contributed by atoms with Gasteiger partial charge in [-0.25, -0.2) is 5.84 Å². The zero-order valence-corrected chi connectivity index (χ0v) is 11.7. The second-order valence-corrected chi connectivity index (χ2v) is 5.08. The number of hydrazine groups is 1. The molecule has 1 aliphatic heterocycles. The standard InChI is InChI=1S/C13H20N4O3/c1-8-12(13(19)16-14)5-11(20-8)7-17-4-3-10(6-17)15-9(2)18/h5,10H,3-4,6-7,14H2,1-2H3,(H,15,18)(H,16,19). The summed E-state index contributed by atoms with van der Waals surface area (Å²) in [5, 5.41) is 2.91. The molecule has 2 rings (SSSR count). The Labute approximate surface area is 117 Å². The molecule has 7 heteroatoms. The summed E-state index contributed by atoms with van der Waals surface area (Å²) in [6.45, 7) is 5.56. The van der Waals surface area contributed by atoms with E-state index in [0.717, 1.165) is 25.3 Å². The van der Waals surface area contributed by atoms with Gasteiger partial charge in [0.05, 0.1) is 12.1 Å². The number of rotatable bonds is 4. The first-order valence-electron chi connectivity index (χ1n) is 6.59. The number of nitrogen functional groups attached to an aromatic ring is 1. The number of likely N-dealkylation sites (tertiary alicyclic amines) is 1. The van der Waals surface area contributed by atoms with Crippen LogP contribution in [-0.4, -0.2) is 35.8 Å². The molecule has 1 aromatic rings. The highest BCUT2D eigenvalue weighted by Crippen LogP contribution is 2.19. The van der Waals surface area contributed by atoms with E-state index in [1.165, 1.54) is 6.92 Å². The summed E-state index contributed by atoms with van der Waals surface area (Å²) in [5.74, 6) is 6.04. The van der Waals surface area contributed by atoms with Gasteiger partial charge in [0.25, 0.3) is 5.91 Å². The van der Waals surface area contributed by atoms with Crippen LogP contribution in [0.4, 0.5) is 0 Å². The van der Waals surface area contributed by atoms with Gasteiger partial charge < -0.3 is 9.73 Å². The average Bonchev–Trinajstić information content (AvgIpc) is 2.95. The molecule has 7 nitrogen and oxygen atoms in total. The highest BCUT2D eigenvalue weighted by molar-refractivity contribution is 5.94. The Bertz CT molecular complexity index is 512. The molecule has 0 spiro atoms. The van der Waals surface area contributed by atoms with Crippen LogP contribution in [-0.2, 0) is 11.3 Å². The maximum atomic E-state index is 11.5. The van der Waals surface area contributed by atoms with E-state index in [4.69, 9.17) is 10.3 Å². The second kappa shape index (κ2) is 6.06. The maximum Gasteiger partial charge on any atom is 0.268 e. The Kier molecular flexibility index (Phi) is 4.41. The molecule has 2 amide bonds. The molecule has 20 heavy (non-hydrogen) atoms. The highest BCUT2D eigenvalue weighted by atomic mass is 16.3. The summed E-state index contributed by atoms with van der Waals surface area (Å²) < 4.78 is 5.57. The predicted molar refractivity (Wildman–Crippen MR) is 72.6 cm³/mol. The van der Waals surface area contributed by atoms with Crippen LogP contribution in [0.5, 0.6) is 0 Å². The van der Waals surface area contributed by atoms with E-state index in [0.29, 0.717) is 17.9 Å². The number of aryl methyl sites for hydroxylation is 1. The Hall–Kier alpha value is -1.86. The number of nitrogens with one attached hydrogen (secondary N) is 2. The third-order valence-corrected chi connectivity index (χ3v) is 3.40. The molecule has 0 saturated carbocycles. The molecule has 0 radical (unpaired) electrons. The molecule has 1 saturated heterocycles. The fourth-order valence-corrected chi connectivity index (χ4v) is 2.53. The number of hydrogen-bond donors (Lipinski definition) is 3. The van der Waals surface area contributed by atoms with Crippen molar-refractivity contribution in [3.63, 3.8) is 0 Å². The molecule has 1 unspecified atom stereocenters. The van der Waals surface area contributed by atoms with Crippen LogP contribution in [0.3, 0.4) is 0 Å². The van der Waals surface area contributed by atoms with Gasteiger partial charge in [-0.05, 0) is 19.4 Å². The van der Waals surface area contributed by atoms with Crippen molar-refractivity contribution in [2.45, 2.75) is 32.9 Å². The monoisotopic (exact) mass is 280 g/mol. The van der Waals surface area contributed by atoms with Crippen LogP contribution in [0.25, 0.3) is 0 Å². The van der Waals surface area contributed by atoms with Gasteiger partial charge in [-0.15, -0.1) is 0 Å². The molecular weight excluding hydrogens is 260 g/mol. The molecule has 0 aliphatic carbocycles. The first-order chi connectivity index (χ1) is 9.49. The summed E-state index contributed by atoms with van der Waals surface area (Å²) in [7, 11) is 0. The van der Waals surface area contributed by atoms with Crippen molar-refractivity contribution in [2.75, 3.05) is 13.1 Å². The number of furan rings is 1. The quantitative estimate of drug-likeness (QED) is 0.406. The number of amides is 2. The molecule has 4 N–H and O–H groups in total. The lowest BCUT2D eigenvalue weighted by Crippen LogP contribution is -2.35. The number of hydrogen-bond acceptors (Lipinski definition) is 5. The Morgan fingerprint density at radius 2 is 2.30 bits per heavy atom. The van der Waals surface area contributed by atoms with E-state index >= 15 is 0 Å². The molecule has 1 aromatic heterocycles. The van der Waals surface area contributed by atoms with E-state index in [-0.39, 0.29) is 17.9 Å². The van der Waals surface area contributed by atoms with Gasteiger partial charge >= 0.3 is 0 Å². The lowest BCUT2D eigenvalue weighted by atomic mass is 10.2. The van der Waals surface area contributed by atoms with Gasteiger partial charge in [0.2, 0.25) is 5.91 Å². The minimum atomic E-state index is -0.352. The lowest BCUT2D eigenvalue weighted by Gasteiger charge is -2.14. The number of carbonyl (C=O) groups is 2. The third-order valence-electron chi connectivity index (χ3n) is 3.40. The number of nitrogens with two attached hydrogens (primary N) is 1. The van der Waals surface area contributed by atoms with Gasteiger partial charge in [0.1, 0.15) is 11.5 Å². The molecule has 0 bridgehead atoms. The van der Waals surface area contributed by atoms with E-state index < -0.39 is 0 Å². The zero-order valence-electron chi connectivity index (χ0n) is 11.7. The van der Waals surface area contributed by atoms with Crippen molar-refractivity contribution in [3.8, 4) is 0 Å². The van der Waals surface area contributed by atoms with Gasteiger partial charge in [0, 0.05) is 26.1 Å². The minimum Gasteiger partial charge on any atom is -0.464 e.